The Bertz CT molecular complexity index is 1900. The van der Waals surface area contributed by atoms with Gasteiger partial charge in [-0.15, -0.1) is 5.10 Å². The molecule has 0 radical (unpaired) electrons. The van der Waals surface area contributed by atoms with Gasteiger partial charge in [-0.3, -0.25) is 9.78 Å². The molecule has 222 valence electrons. The zero-order valence-corrected chi connectivity index (χ0v) is 25.9. The molecule has 2 aromatic carbocycles. The predicted octanol–water partition coefficient (Wildman–Crippen LogP) is 6.07. The molecule has 3 heterocycles. The summed E-state index contributed by atoms with van der Waals surface area (Å²) < 4.78 is 8.65. The van der Waals surface area contributed by atoms with Crippen molar-refractivity contribution in [1.82, 2.24) is 24.5 Å². The van der Waals surface area contributed by atoms with Crippen LogP contribution in [-0.4, -0.2) is 44.8 Å². The van der Waals surface area contributed by atoms with Gasteiger partial charge in [0.1, 0.15) is 11.8 Å². The Balaban J connectivity index is 1.67. The highest BCUT2D eigenvalue weighted by Crippen LogP contribution is 2.37. The molecule has 10 nitrogen and oxygen atoms in total. The first-order chi connectivity index (χ1) is 20.5. The molecule has 0 amide bonds. The Morgan fingerprint density at radius 1 is 1.16 bits per heavy atom. The molecule has 3 aromatic heterocycles. The van der Waals surface area contributed by atoms with Gasteiger partial charge in [-0.05, 0) is 47.6 Å². The first-order valence-electron chi connectivity index (χ1n) is 14.0. The van der Waals surface area contributed by atoms with Gasteiger partial charge in [0.2, 0.25) is 0 Å². The van der Waals surface area contributed by atoms with Crippen LogP contribution < -0.4 is 16.2 Å². The summed E-state index contributed by atoms with van der Waals surface area (Å²) in [7, 11) is 3.38. The van der Waals surface area contributed by atoms with Gasteiger partial charge in [0.15, 0.2) is 0 Å². The molecule has 1 unspecified atom stereocenters. The second kappa shape index (κ2) is 12.0. The fourth-order valence-electron chi connectivity index (χ4n) is 5.06. The maximum atomic E-state index is 13.0. The molecule has 0 aliphatic heterocycles. The van der Waals surface area contributed by atoms with Gasteiger partial charge in [0.05, 0.1) is 46.7 Å². The van der Waals surface area contributed by atoms with Crippen LogP contribution in [0.1, 0.15) is 56.6 Å². The summed E-state index contributed by atoms with van der Waals surface area (Å²) in [5, 5.41) is 28.4. The highest BCUT2D eigenvalue weighted by molar-refractivity contribution is 6.35. The van der Waals surface area contributed by atoms with E-state index in [1.807, 2.05) is 49.5 Å². The van der Waals surface area contributed by atoms with Crippen LogP contribution in [0.5, 0.6) is 0 Å². The van der Waals surface area contributed by atoms with Crippen LogP contribution >= 0.6 is 11.6 Å². The van der Waals surface area contributed by atoms with Gasteiger partial charge in [-0.25, -0.2) is 4.68 Å². The standard InChI is InChI=1S/C32H35ClN8O2/c1-19(17-43-6)41-16-27(38-39-41)30(23-8-7-9-24-22(23)10-11-40(5)31(24)42)37-21-12-25-28(36-18-32(2,3)4)20(14-34)15-35-29(25)26(33)13-21/h7-13,15-16,19,30,37H,17-18H2,1-6H3,(H,35,36)/t19?,30-/m0/s1. The Morgan fingerprint density at radius 2 is 1.95 bits per heavy atom. The Morgan fingerprint density at radius 3 is 2.67 bits per heavy atom. The number of fused-ring (bicyclic) bond motifs is 2. The highest BCUT2D eigenvalue weighted by Gasteiger charge is 2.23. The Kier molecular flexibility index (Phi) is 8.40. The zero-order chi connectivity index (χ0) is 30.9. The number of hydrogen-bond donors (Lipinski definition) is 2. The molecule has 0 saturated heterocycles. The third-order valence-corrected chi connectivity index (χ3v) is 7.59. The molecule has 0 spiro atoms. The van der Waals surface area contributed by atoms with E-state index in [0.717, 1.165) is 16.3 Å². The van der Waals surface area contributed by atoms with Crippen molar-refractivity contribution in [3.05, 3.63) is 87.2 Å². The molecular formula is C32H35ClN8O2. The van der Waals surface area contributed by atoms with E-state index in [9.17, 15) is 10.1 Å². The first kappa shape index (κ1) is 30.0. The number of rotatable bonds is 9. The number of halogens is 1. The molecule has 0 saturated carbocycles. The summed E-state index contributed by atoms with van der Waals surface area (Å²) in [5.74, 6) is 0. The van der Waals surface area contributed by atoms with Crippen LogP contribution in [0, 0.1) is 16.7 Å². The molecule has 11 heteroatoms. The maximum Gasteiger partial charge on any atom is 0.258 e. The summed E-state index contributed by atoms with van der Waals surface area (Å²) >= 11 is 6.81. The molecule has 43 heavy (non-hydrogen) atoms. The van der Waals surface area contributed by atoms with Crippen molar-refractivity contribution in [2.75, 3.05) is 30.9 Å². The van der Waals surface area contributed by atoms with Crippen LogP contribution in [-0.2, 0) is 11.8 Å². The zero-order valence-electron chi connectivity index (χ0n) is 25.1. The summed E-state index contributed by atoms with van der Waals surface area (Å²) in [5.41, 5.74) is 3.79. The van der Waals surface area contributed by atoms with Gasteiger partial charge in [0.25, 0.3) is 5.56 Å². The molecule has 0 aliphatic rings. The average Bonchev–Trinajstić information content (AvgIpc) is 3.46. The number of nitriles is 1. The lowest BCUT2D eigenvalue weighted by molar-refractivity contribution is 0.156. The summed E-state index contributed by atoms with van der Waals surface area (Å²) in [6, 6.07) is 13.1. The smallest absolute Gasteiger partial charge is 0.258 e. The van der Waals surface area contributed by atoms with E-state index in [-0.39, 0.29) is 17.0 Å². The van der Waals surface area contributed by atoms with Gasteiger partial charge in [0, 0.05) is 49.6 Å². The topological polar surface area (TPSA) is 123 Å². The minimum absolute atomic E-state index is 0.0235. The summed E-state index contributed by atoms with van der Waals surface area (Å²) in [6.07, 6.45) is 5.19. The van der Waals surface area contributed by atoms with Crippen molar-refractivity contribution < 1.29 is 4.74 Å². The fraction of sp³-hybridized carbons (Fsp3) is 0.344. The second-order valence-electron chi connectivity index (χ2n) is 12.0. The van der Waals surface area contributed by atoms with Crippen molar-refractivity contribution in [1.29, 1.82) is 5.26 Å². The lowest BCUT2D eigenvalue weighted by atomic mass is 9.96. The van der Waals surface area contributed by atoms with E-state index >= 15 is 0 Å². The van der Waals surface area contributed by atoms with Crippen LogP contribution in [0.25, 0.3) is 21.7 Å². The quantitative estimate of drug-likeness (QED) is 0.210. The van der Waals surface area contributed by atoms with Crippen LogP contribution in [0.4, 0.5) is 11.4 Å². The monoisotopic (exact) mass is 598 g/mol. The van der Waals surface area contributed by atoms with Gasteiger partial charge in [-0.2, -0.15) is 5.26 Å². The number of methoxy groups -OCH3 is 1. The van der Waals surface area contributed by atoms with E-state index < -0.39 is 6.04 Å². The molecule has 0 fully saturated rings. The largest absolute Gasteiger partial charge is 0.383 e. The van der Waals surface area contributed by atoms with Gasteiger partial charge in [-0.1, -0.05) is 49.7 Å². The van der Waals surface area contributed by atoms with E-state index in [0.29, 0.717) is 51.7 Å². The molecular weight excluding hydrogens is 564 g/mol. The van der Waals surface area contributed by atoms with Crippen molar-refractivity contribution in [2.45, 2.75) is 39.8 Å². The van der Waals surface area contributed by atoms with E-state index in [1.165, 1.54) is 0 Å². The van der Waals surface area contributed by atoms with Gasteiger partial charge < -0.3 is 19.9 Å². The number of nitrogens with one attached hydrogen (secondary N) is 2. The number of anilines is 2. The van der Waals surface area contributed by atoms with E-state index in [1.54, 1.807) is 35.8 Å². The number of pyridine rings is 2. The molecule has 5 aromatic rings. The molecule has 0 bridgehead atoms. The van der Waals surface area contributed by atoms with E-state index in [2.05, 4.69) is 52.8 Å². The SMILES string of the molecule is COCC(C)n1cc([C@@H](Nc2cc(Cl)c3ncc(C#N)c(NCC(C)(C)C)c3c2)c2cccc3c(=O)n(C)ccc23)nn1. The van der Waals surface area contributed by atoms with Crippen molar-refractivity contribution in [3.8, 4) is 6.07 Å². The number of nitrogens with zero attached hydrogens (tertiary/aromatic N) is 6. The van der Waals surface area contributed by atoms with Crippen molar-refractivity contribution in [2.24, 2.45) is 12.5 Å². The number of aryl methyl sites for hydroxylation is 1. The predicted molar refractivity (Wildman–Crippen MR) is 171 cm³/mol. The van der Waals surface area contributed by atoms with Gasteiger partial charge >= 0.3 is 0 Å². The fourth-order valence-corrected chi connectivity index (χ4v) is 5.32. The minimum atomic E-state index is -0.495. The molecule has 2 N–H and O–H groups in total. The number of aromatic nitrogens is 5. The number of benzene rings is 2. The maximum absolute atomic E-state index is 13.0. The number of ether oxygens (including phenoxy) is 1. The highest BCUT2D eigenvalue weighted by atomic mass is 35.5. The van der Waals surface area contributed by atoms with Crippen LogP contribution in [0.2, 0.25) is 5.02 Å². The summed E-state index contributed by atoms with van der Waals surface area (Å²) in [6.45, 7) is 9.49. The van der Waals surface area contributed by atoms with Crippen molar-refractivity contribution >= 4 is 44.7 Å². The Labute approximate surface area is 255 Å². The first-order valence-corrected chi connectivity index (χ1v) is 14.4. The second-order valence-corrected chi connectivity index (χ2v) is 12.4. The van der Waals surface area contributed by atoms with Crippen molar-refractivity contribution in [3.63, 3.8) is 0 Å². The molecule has 0 aliphatic carbocycles. The Hall–Kier alpha value is -4.46. The lowest BCUT2D eigenvalue weighted by Crippen LogP contribution is -2.20. The average molecular weight is 599 g/mol. The molecule has 2 atom stereocenters. The van der Waals surface area contributed by atoms with Crippen LogP contribution in [0.15, 0.2) is 59.8 Å². The third kappa shape index (κ3) is 6.19. The summed E-state index contributed by atoms with van der Waals surface area (Å²) in [4.78, 5) is 17.5. The molecule has 5 rings (SSSR count). The minimum Gasteiger partial charge on any atom is -0.383 e. The normalized spacial score (nSPS) is 13.2. The number of hydrogen-bond acceptors (Lipinski definition) is 8. The third-order valence-electron chi connectivity index (χ3n) is 7.30. The lowest BCUT2D eigenvalue weighted by Gasteiger charge is -2.23. The van der Waals surface area contributed by atoms with Crippen LogP contribution in [0.3, 0.4) is 0 Å². The van der Waals surface area contributed by atoms with E-state index in [4.69, 9.17) is 16.3 Å².